The van der Waals surface area contributed by atoms with Gasteiger partial charge >= 0.3 is 0 Å². The molecule has 0 saturated heterocycles. The molecule has 5 rings (SSSR count). The van der Waals surface area contributed by atoms with Gasteiger partial charge in [0.1, 0.15) is 5.82 Å². The number of nitrogens with one attached hydrogen (secondary N) is 2. The summed E-state index contributed by atoms with van der Waals surface area (Å²) in [5, 5.41) is 5.06. The molecule has 2 N–H and O–H groups in total. The summed E-state index contributed by atoms with van der Waals surface area (Å²) in [5.41, 5.74) is 4.14. The second kappa shape index (κ2) is 6.87. The number of aromatic amines is 1. The molecule has 140 valence electrons. The Morgan fingerprint density at radius 2 is 1.83 bits per heavy atom. The second-order valence-electron chi connectivity index (χ2n) is 6.80. The Morgan fingerprint density at radius 1 is 0.931 bits per heavy atom. The van der Waals surface area contributed by atoms with Crippen LogP contribution in [-0.4, -0.2) is 15.8 Å². The predicted molar refractivity (Wildman–Crippen MR) is 113 cm³/mol. The van der Waals surface area contributed by atoms with E-state index in [4.69, 9.17) is 0 Å². The van der Waals surface area contributed by atoms with Crippen molar-refractivity contribution in [3.8, 4) is 0 Å². The van der Waals surface area contributed by atoms with Crippen molar-refractivity contribution in [3.63, 3.8) is 0 Å². The van der Waals surface area contributed by atoms with Gasteiger partial charge in [0.25, 0.3) is 0 Å². The number of aromatic nitrogens is 2. The lowest BCUT2D eigenvalue weighted by Gasteiger charge is -2.12. The van der Waals surface area contributed by atoms with Crippen LogP contribution >= 0.6 is 0 Å². The van der Waals surface area contributed by atoms with Crippen molar-refractivity contribution in [1.82, 2.24) is 9.97 Å². The summed E-state index contributed by atoms with van der Waals surface area (Å²) in [6.45, 7) is 0. The molecule has 5 heteroatoms. The van der Waals surface area contributed by atoms with Gasteiger partial charge in [-0.25, -0.2) is 4.39 Å². The number of nitrogens with zero attached hydrogens (tertiary/aromatic N) is 1. The van der Waals surface area contributed by atoms with Crippen LogP contribution in [0.3, 0.4) is 0 Å². The SMILES string of the molecule is O=C(c1ccccc1Nc1ccc2ncccc2c1)c1c[nH]c2cc(F)ccc12. The van der Waals surface area contributed by atoms with E-state index in [0.717, 1.165) is 16.6 Å². The minimum absolute atomic E-state index is 0.131. The molecule has 0 saturated carbocycles. The molecule has 0 spiro atoms. The van der Waals surface area contributed by atoms with E-state index in [1.54, 1.807) is 24.5 Å². The number of halogens is 1. The van der Waals surface area contributed by atoms with Crippen molar-refractivity contribution in [2.45, 2.75) is 0 Å². The van der Waals surface area contributed by atoms with Crippen LogP contribution in [0.2, 0.25) is 0 Å². The summed E-state index contributed by atoms with van der Waals surface area (Å²) in [7, 11) is 0. The molecule has 0 aliphatic rings. The molecular formula is C24H16FN3O. The van der Waals surface area contributed by atoms with Crippen LogP contribution in [0.1, 0.15) is 15.9 Å². The zero-order chi connectivity index (χ0) is 19.8. The first-order valence-corrected chi connectivity index (χ1v) is 9.21. The minimum Gasteiger partial charge on any atom is -0.360 e. The second-order valence-corrected chi connectivity index (χ2v) is 6.80. The van der Waals surface area contributed by atoms with Crippen molar-refractivity contribution in [2.75, 3.05) is 5.32 Å². The molecule has 0 unspecified atom stereocenters. The van der Waals surface area contributed by atoms with Gasteiger partial charge in [-0.2, -0.15) is 0 Å². The van der Waals surface area contributed by atoms with E-state index in [1.807, 2.05) is 48.5 Å². The molecule has 0 aliphatic carbocycles. The summed E-state index contributed by atoms with van der Waals surface area (Å²) < 4.78 is 13.5. The van der Waals surface area contributed by atoms with Crippen molar-refractivity contribution in [3.05, 3.63) is 102 Å². The van der Waals surface area contributed by atoms with E-state index < -0.39 is 0 Å². The number of carbonyl (C=O) groups excluding carboxylic acids is 1. The highest BCUT2D eigenvalue weighted by atomic mass is 19.1. The Bertz CT molecular complexity index is 1370. The zero-order valence-electron chi connectivity index (χ0n) is 15.3. The average molecular weight is 381 g/mol. The van der Waals surface area contributed by atoms with Crippen LogP contribution in [0.15, 0.2) is 85.2 Å². The Hall–Kier alpha value is -3.99. The predicted octanol–water partition coefficient (Wildman–Crippen LogP) is 5.83. The molecule has 0 radical (unpaired) electrons. The number of para-hydroxylation sites is 1. The van der Waals surface area contributed by atoms with Crippen LogP contribution in [0.25, 0.3) is 21.8 Å². The average Bonchev–Trinajstić information content (AvgIpc) is 3.16. The van der Waals surface area contributed by atoms with E-state index in [1.165, 1.54) is 12.1 Å². The van der Waals surface area contributed by atoms with Crippen LogP contribution < -0.4 is 5.32 Å². The van der Waals surface area contributed by atoms with Crippen molar-refractivity contribution in [2.24, 2.45) is 0 Å². The monoisotopic (exact) mass is 381 g/mol. The summed E-state index contributed by atoms with van der Waals surface area (Å²) in [6.07, 6.45) is 3.39. The number of carbonyl (C=O) groups is 1. The maximum atomic E-state index is 13.5. The number of hydrogen-bond donors (Lipinski definition) is 2. The van der Waals surface area contributed by atoms with Crippen LogP contribution in [0.5, 0.6) is 0 Å². The summed E-state index contributed by atoms with van der Waals surface area (Å²) in [5.74, 6) is -0.473. The fraction of sp³-hybridized carbons (Fsp3) is 0. The van der Waals surface area contributed by atoms with E-state index in [9.17, 15) is 9.18 Å². The standard InChI is InChI=1S/C24H16FN3O/c25-16-7-9-18-20(14-27-23(18)13-16)24(29)19-5-1-2-6-22(19)28-17-8-10-21-15(12-17)4-3-11-26-21/h1-14,27-28H. The van der Waals surface area contributed by atoms with E-state index in [-0.39, 0.29) is 11.6 Å². The molecule has 3 aromatic carbocycles. The van der Waals surface area contributed by atoms with Gasteiger partial charge in [0.2, 0.25) is 0 Å². The lowest BCUT2D eigenvalue weighted by atomic mass is 10.0. The number of H-pyrrole nitrogens is 1. The third-order valence-electron chi connectivity index (χ3n) is 4.94. The molecule has 5 aromatic rings. The summed E-state index contributed by atoms with van der Waals surface area (Å²) in [6, 6.07) is 21.5. The van der Waals surface area contributed by atoms with Crippen LogP contribution in [0.4, 0.5) is 15.8 Å². The summed E-state index contributed by atoms with van der Waals surface area (Å²) >= 11 is 0. The maximum Gasteiger partial charge on any atom is 0.197 e. The Balaban J connectivity index is 1.53. The number of pyridine rings is 1. The summed E-state index contributed by atoms with van der Waals surface area (Å²) in [4.78, 5) is 20.6. The maximum absolute atomic E-state index is 13.5. The molecule has 4 nitrogen and oxygen atoms in total. The van der Waals surface area contributed by atoms with Gasteiger partial charge in [0, 0.05) is 51.2 Å². The fourth-order valence-electron chi connectivity index (χ4n) is 3.53. The van der Waals surface area contributed by atoms with E-state index in [0.29, 0.717) is 27.7 Å². The minimum atomic E-state index is -0.341. The highest BCUT2D eigenvalue weighted by Gasteiger charge is 2.17. The highest BCUT2D eigenvalue weighted by molar-refractivity contribution is 6.18. The Labute approximate surface area is 166 Å². The third-order valence-corrected chi connectivity index (χ3v) is 4.94. The topological polar surface area (TPSA) is 57.8 Å². The normalized spacial score (nSPS) is 11.1. The van der Waals surface area contributed by atoms with Gasteiger partial charge in [-0.15, -0.1) is 0 Å². The van der Waals surface area contributed by atoms with Gasteiger partial charge < -0.3 is 10.3 Å². The van der Waals surface area contributed by atoms with Crippen LogP contribution in [-0.2, 0) is 0 Å². The number of hydrogen-bond acceptors (Lipinski definition) is 3. The smallest absolute Gasteiger partial charge is 0.197 e. The zero-order valence-corrected chi connectivity index (χ0v) is 15.3. The van der Waals surface area contributed by atoms with E-state index >= 15 is 0 Å². The molecule has 0 bridgehead atoms. The first-order valence-electron chi connectivity index (χ1n) is 9.21. The molecule has 2 heterocycles. The number of benzene rings is 3. The van der Waals surface area contributed by atoms with Crippen LogP contribution in [0, 0.1) is 5.82 Å². The lowest BCUT2D eigenvalue weighted by Crippen LogP contribution is -2.05. The van der Waals surface area contributed by atoms with Gasteiger partial charge in [-0.05, 0) is 54.6 Å². The quantitative estimate of drug-likeness (QED) is 0.385. The number of anilines is 2. The molecule has 2 aromatic heterocycles. The van der Waals surface area contributed by atoms with E-state index in [2.05, 4.69) is 15.3 Å². The first-order chi connectivity index (χ1) is 14.2. The molecular weight excluding hydrogens is 365 g/mol. The van der Waals surface area contributed by atoms with Crippen molar-refractivity contribution >= 4 is 39.0 Å². The van der Waals surface area contributed by atoms with Gasteiger partial charge in [0.15, 0.2) is 5.78 Å². The Morgan fingerprint density at radius 3 is 2.76 bits per heavy atom. The highest BCUT2D eigenvalue weighted by Crippen LogP contribution is 2.28. The van der Waals surface area contributed by atoms with Gasteiger partial charge in [-0.1, -0.05) is 18.2 Å². The largest absolute Gasteiger partial charge is 0.360 e. The Kier molecular flexibility index (Phi) is 4.06. The fourth-order valence-corrected chi connectivity index (χ4v) is 3.53. The molecule has 29 heavy (non-hydrogen) atoms. The number of fused-ring (bicyclic) bond motifs is 2. The molecule has 0 amide bonds. The van der Waals surface area contributed by atoms with Crippen molar-refractivity contribution < 1.29 is 9.18 Å². The molecule has 0 aliphatic heterocycles. The molecule has 0 fully saturated rings. The number of ketones is 1. The van der Waals surface area contributed by atoms with Gasteiger partial charge in [-0.3, -0.25) is 9.78 Å². The first kappa shape index (κ1) is 17.1. The molecule has 0 atom stereocenters. The van der Waals surface area contributed by atoms with Gasteiger partial charge in [0.05, 0.1) is 5.52 Å². The number of rotatable bonds is 4. The lowest BCUT2D eigenvalue weighted by molar-refractivity contribution is 0.104. The third kappa shape index (κ3) is 3.12. The van der Waals surface area contributed by atoms with Crippen molar-refractivity contribution in [1.29, 1.82) is 0 Å².